The topological polar surface area (TPSA) is 177 Å². The van der Waals surface area contributed by atoms with E-state index in [2.05, 4.69) is 19.2 Å². The van der Waals surface area contributed by atoms with Crippen molar-refractivity contribution in [1.82, 2.24) is 10.2 Å². The lowest BCUT2D eigenvalue weighted by molar-refractivity contribution is -0.153. The SMILES string of the molecule is CCC(CC)CNCc1cc(N(C)C)c2c(c1O)C(O)=C1C(=O)[C@]3(O)C(O)=C(C(N)=O)C(=O)C(N(C)C)[C@@H]3C[C@H]1C2. The third kappa shape index (κ3) is 4.69. The van der Waals surface area contributed by atoms with E-state index in [0.717, 1.165) is 25.1 Å². The molecule has 0 bridgehead atoms. The van der Waals surface area contributed by atoms with E-state index >= 15 is 0 Å². The number of hydrogen-bond donors (Lipinski definition) is 6. The van der Waals surface area contributed by atoms with Crippen LogP contribution in [0, 0.1) is 17.8 Å². The van der Waals surface area contributed by atoms with E-state index in [1.807, 2.05) is 25.1 Å². The van der Waals surface area contributed by atoms with Crippen molar-refractivity contribution in [1.29, 1.82) is 0 Å². The Morgan fingerprint density at radius 3 is 2.32 bits per heavy atom. The number of carbonyl (C=O) groups is 3. The number of aliphatic hydroxyl groups excluding tert-OH is 2. The quantitative estimate of drug-likeness (QED) is 0.239. The number of phenolic OH excluding ortho intramolecular Hbond substituents is 1. The normalized spacial score (nSPS) is 25.9. The number of fused-ring (bicyclic) bond motifs is 3. The lowest BCUT2D eigenvalue weighted by Gasteiger charge is -2.50. The Morgan fingerprint density at radius 1 is 1.15 bits per heavy atom. The number of ketones is 2. The van der Waals surface area contributed by atoms with E-state index in [-0.39, 0.29) is 29.7 Å². The van der Waals surface area contributed by atoms with Gasteiger partial charge in [-0.1, -0.05) is 26.7 Å². The van der Waals surface area contributed by atoms with Crippen molar-refractivity contribution in [2.75, 3.05) is 39.6 Å². The van der Waals surface area contributed by atoms with Gasteiger partial charge in [0.25, 0.3) is 5.91 Å². The van der Waals surface area contributed by atoms with Crippen molar-refractivity contribution in [3.63, 3.8) is 0 Å². The number of phenols is 1. The van der Waals surface area contributed by atoms with E-state index in [1.54, 1.807) is 14.1 Å². The molecule has 0 saturated heterocycles. The van der Waals surface area contributed by atoms with Crippen LogP contribution < -0.4 is 16.0 Å². The molecule has 1 fully saturated rings. The molecule has 0 aromatic heterocycles. The Bertz CT molecular complexity index is 1340. The van der Waals surface area contributed by atoms with Gasteiger partial charge in [-0.2, -0.15) is 0 Å². The van der Waals surface area contributed by atoms with Crippen molar-refractivity contribution in [2.24, 2.45) is 23.5 Å². The summed E-state index contributed by atoms with van der Waals surface area (Å²) in [6.07, 6.45) is 2.33. The molecular weight excluding hydrogens is 528 g/mol. The van der Waals surface area contributed by atoms with Gasteiger partial charge in [0.1, 0.15) is 22.8 Å². The summed E-state index contributed by atoms with van der Waals surface area (Å²) in [5, 5.41) is 49.2. The van der Waals surface area contributed by atoms with Gasteiger partial charge in [0.15, 0.2) is 11.4 Å². The van der Waals surface area contributed by atoms with Gasteiger partial charge in [0.2, 0.25) is 5.78 Å². The summed E-state index contributed by atoms with van der Waals surface area (Å²) in [5.41, 5.74) is 3.81. The summed E-state index contributed by atoms with van der Waals surface area (Å²) in [6.45, 7) is 5.33. The molecule has 0 aliphatic heterocycles. The van der Waals surface area contributed by atoms with E-state index in [4.69, 9.17) is 5.73 Å². The number of likely N-dealkylation sites (N-methyl/N-ethyl adjacent to an activating group) is 1. The second-order valence-electron chi connectivity index (χ2n) is 11.9. The average Bonchev–Trinajstić information content (AvgIpc) is 2.89. The van der Waals surface area contributed by atoms with Gasteiger partial charge in [0.05, 0.1) is 11.6 Å². The standard InChI is InChI=1S/C30H42N4O7/c1-7-14(8-2)12-32-13-16-11-19(33(3)4)17-9-15-10-18-23(34(5)6)26(37)22(29(31)40)28(39)30(18,41)27(38)20(15)25(36)21(17)24(16)35/h11,14-15,18,23,32,35-36,39,41H,7-10,12-13H2,1-6H3,(H2,31,40)/t15-,18+,23?,30+/m1/s1. The van der Waals surface area contributed by atoms with Crippen LogP contribution in [0.15, 0.2) is 23.0 Å². The Hall–Kier alpha value is -3.41. The van der Waals surface area contributed by atoms with Gasteiger partial charge in [-0.25, -0.2) is 0 Å². The molecule has 1 amide bonds. The zero-order valence-electron chi connectivity index (χ0n) is 24.6. The molecule has 1 saturated carbocycles. The van der Waals surface area contributed by atoms with Crippen molar-refractivity contribution in [3.8, 4) is 5.75 Å². The number of aliphatic hydroxyl groups is 3. The molecular formula is C30H42N4O7. The summed E-state index contributed by atoms with van der Waals surface area (Å²) in [4.78, 5) is 42.8. The number of carbonyl (C=O) groups excluding carboxylic acids is 3. The molecule has 11 nitrogen and oxygen atoms in total. The van der Waals surface area contributed by atoms with Crippen LogP contribution in [0.2, 0.25) is 0 Å². The first-order valence-electron chi connectivity index (χ1n) is 14.1. The number of nitrogens with zero attached hydrogens (tertiary/aromatic N) is 2. The van der Waals surface area contributed by atoms with Crippen LogP contribution in [0.1, 0.15) is 49.8 Å². The minimum atomic E-state index is -2.65. The van der Waals surface area contributed by atoms with Crippen LogP contribution in [-0.4, -0.2) is 89.2 Å². The molecule has 3 aliphatic rings. The number of amides is 1. The van der Waals surface area contributed by atoms with E-state index < -0.39 is 58.0 Å². The number of primary amides is 1. The highest BCUT2D eigenvalue weighted by Gasteiger charge is 2.64. The Balaban J connectivity index is 1.88. The van der Waals surface area contributed by atoms with Crippen molar-refractivity contribution in [2.45, 2.75) is 57.7 Å². The Morgan fingerprint density at radius 2 is 1.78 bits per heavy atom. The third-order valence-electron chi connectivity index (χ3n) is 9.16. The minimum absolute atomic E-state index is 0.0537. The van der Waals surface area contributed by atoms with Crippen molar-refractivity contribution >= 4 is 28.9 Å². The Labute approximate surface area is 240 Å². The third-order valence-corrected chi connectivity index (χ3v) is 9.16. The Kier molecular flexibility index (Phi) is 8.28. The minimum Gasteiger partial charge on any atom is -0.508 e. The van der Waals surface area contributed by atoms with Gasteiger partial charge in [-0.3, -0.25) is 19.3 Å². The van der Waals surface area contributed by atoms with Gasteiger partial charge in [-0.15, -0.1) is 0 Å². The molecule has 1 aromatic rings. The summed E-state index contributed by atoms with van der Waals surface area (Å²) >= 11 is 0. The van der Waals surface area contributed by atoms with E-state index in [1.165, 1.54) is 4.90 Å². The summed E-state index contributed by atoms with van der Waals surface area (Å²) in [5.74, 6) is -6.03. The molecule has 11 heteroatoms. The van der Waals surface area contributed by atoms with Crippen molar-refractivity contribution < 1.29 is 34.8 Å². The molecule has 3 aliphatic carbocycles. The van der Waals surface area contributed by atoms with Crippen LogP contribution in [0.5, 0.6) is 5.75 Å². The second-order valence-corrected chi connectivity index (χ2v) is 11.9. The van der Waals surface area contributed by atoms with Gasteiger partial charge >= 0.3 is 0 Å². The lowest BCUT2D eigenvalue weighted by Crippen LogP contribution is -2.65. The highest BCUT2D eigenvalue weighted by atomic mass is 16.3. The van der Waals surface area contributed by atoms with Crippen LogP contribution in [-0.2, 0) is 27.3 Å². The average molecular weight is 571 g/mol. The first-order valence-corrected chi connectivity index (χ1v) is 14.1. The number of rotatable bonds is 9. The van der Waals surface area contributed by atoms with Crippen molar-refractivity contribution in [3.05, 3.63) is 39.7 Å². The summed E-state index contributed by atoms with van der Waals surface area (Å²) in [7, 11) is 6.86. The van der Waals surface area contributed by atoms with Gasteiger partial charge in [-0.05, 0) is 56.9 Å². The highest BCUT2D eigenvalue weighted by molar-refractivity contribution is 6.24. The maximum Gasteiger partial charge on any atom is 0.255 e. The molecule has 41 heavy (non-hydrogen) atoms. The van der Waals surface area contributed by atoms with Gasteiger partial charge < -0.3 is 36.4 Å². The maximum atomic E-state index is 14.1. The fraction of sp³-hybridized carbons (Fsp3) is 0.567. The highest BCUT2D eigenvalue weighted by Crippen LogP contribution is 2.54. The monoisotopic (exact) mass is 570 g/mol. The zero-order chi connectivity index (χ0) is 30.5. The van der Waals surface area contributed by atoms with Crippen LogP contribution >= 0.6 is 0 Å². The zero-order valence-corrected chi connectivity index (χ0v) is 24.6. The molecule has 0 radical (unpaired) electrons. The number of benzene rings is 1. The largest absolute Gasteiger partial charge is 0.508 e. The number of aromatic hydroxyl groups is 1. The smallest absolute Gasteiger partial charge is 0.255 e. The predicted octanol–water partition coefficient (Wildman–Crippen LogP) is 1.56. The fourth-order valence-electron chi connectivity index (χ4n) is 6.87. The number of nitrogens with one attached hydrogen (secondary N) is 1. The van der Waals surface area contributed by atoms with Crippen LogP contribution in [0.3, 0.4) is 0 Å². The molecule has 1 unspecified atom stereocenters. The lowest BCUT2D eigenvalue weighted by atomic mass is 9.57. The first-order chi connectivity index (χ1) is 19.2. The van der Waals surface area contributed by atoms with Gasteiger partial charge in [0, 0.05) is 43.4 Å². The van der Waals surface area contributed by atoms with Crippen LogP contribution in [0.4, 0.5) is 5.69 Å². The summed E-state index contributed by atoms with van der Waals surface area (Å²) in [6, 6.07) is 0.756. The molecule has 4 rings (SSSR count). The number of Topliss-reactive ketones (excluding diaryl/α,β-unsaturated/α-hetero) is 2. The number of nitrogens with two attached hydrogens (primary N) is 1. The molecule has 0 heterocycles. The van der Waals surface area contributed by atoms with Crippen LogP contribution in [0.25, 0.3) is 5.76 Å². The number of anilines is 1. The van der Waals surface area contributed by atoms with E-state index in [0.29, 0.717) is 23.6 Å². The first kappa shape index (κ1) is 30.5. The molecule has 7 N–H and O–H groups in total. The van der Waals surface area contributed by atoms with E-state index in [9.17, 15) is 34.8 Å². The molecule has 1 aromatic carbocycles. The summed E-state index contributed by atoms with van der Waals surface area (Å²) < 4.78 is 0. The molecule has 224 valence electrons. The molecule has 4 atom stereocenters. The fourth-order valence-corrected chi connectivity index (χ4v) is 6.87. The predicted molar refractivity (Wildman–Crippen MR) is 154 cm³/mol. The number of hydrogen-bond acceptors (Lipinski definition) is 10. The maximum absolute atomic E-state index is 14.1. The molecule has 0 spiro atoms. The second kappa shape index (κ2) is 11.1.